The van der Waals surface area contributed by atoms with E-state index in [0.717, 1.165) is 58.7 Å². The van der Waals surface area contributed by atoms with E-state index in [4.69, 9.17) is 26.1 Å². The van der Waals surface area contributed by atoms with Gasteiger partial charge in [-0.05, 0) is 60.8 Å². The number of benzene rings is 3. The Kier molecular flexibility index (Phi) is 6.98. The van der Waals surface area contributed by atoms with Gasteiger partial charge in [0.15, 0.2) is 5.58 Å². The van der Waals surface area contributed by atoms with Crippen LogP contribution in [0.2, 0.25) is 5.02 Å². The van der Waals surface area contributed by atoms with Crippen LogP contribution in [0.15, 0.2) is 59.1 Å². The molecule has 4 heterocycles. The van der Waals surface area contributed by atoms with E-state index in [1.54, 1.807) is 0 Å². The largest absolute Gasteiger partial charge is 0.481 e. The second-order valence-electron chi connectivity index (χ2n) is 11.3. The van der Waals surface area contributed by atoms with E-state index in [1.165, 1.54) is 5.56 Å². The first-order valence-corrected chi connectivity index (χ1v) is 14.7. The average Bonchev–Trinajstić information content (AvgIpc) is 3.75. The number of fused-ring (bicyclic) bond motifs is 2. The first-order valence-electron chi connectivity index (χ1n) is 14.4. The Balaban J connectivity index is 1.23. The minimum absolute atomic E-state index is 0.357. The van der Waals surface area contributed by atoms with E-state index >= 15 is 0 Å². The molecule has 0 spiro atoms. The molecule has 0 radical (unpaired) electrons. The van der Waals surface area contributed by atoms with Crippen LogP contribution in [-0.4, -0.2) is 50.4 Å². The number of aromatic nitrogens is 3. The number of oxazole rings is 1. The maximum Gasteiger partial charge on any atom is 0.307 e. The molecule has 1 unspecified atom stereocenters. The van der Waals surface area contributed by atoms with Crippen LogP contribution >= 0.6 is 11.6 Å². The number of carboxylic acids is 1. The van der Waals surface area contributed by atoms with E-state index in [0.29, 0.717) is 53.6 Å². The molecular weight excluding hydrogens is 564 g/mol. The normalized spacial score (nSPS) is 16.8. The predicted octanol–water partition coefficient (Wildman–Crippen LogP) is 5.73. The number of carboxylic acid groups (broad SMARTS) is 1. The van der Waals surface area contributed by atoms with Crippen LogP contribution in [0.3, 0.4) is 0 Å². The third-order valence-electron chi connectivity index (χ3n) is 8.51. The van der Waals surface area contributed by atoms with Gasteiger partial charge in [0.2, 0.25) is 5.89 Å². The number of hydrogen-bond donors (Lipinski definition) is 2. The van der Waals surface area contributed by atoms with Crippen molar-refractivity contribution in [1.82, 2.24) is 25.0 Å². The number of halogens is 1. The number of nitrogens with one attached hydrogen (secondary N) is 1. The van der Waals surface area contributed by atoms with Gasteiger partial charge in [-0.2, -0.15) is 10.4 Å². The van der Waals surface area contributed by atoms with E-state index in [-0.39, 0.29) is 5.92 Å². The lowest BCUT2D eigenvalue weighted by atomic mass is 9.96. The molecule has 0 saturated carbocycles. The Morgan fingerprint density at radius 2 is 2.02 bits per heavy atom. The van der Waals surface area contributed by atoms with Crippen molar-refractivity contribution in [3.8, 4) is 34.3 Å². The molecule has 1 fully saturated rings. The van der Waals surface area contributed by atoms with Gasteiger partial charge in [-0.1, -0.05) is 35.9 Å². The highest BCUT2D eigenvalue weighted by Crippen LogP contribution is 2.39. The van der Waals surface area contributed by atoms with Crippen molar-refractivity contribution in [2.45, 2.75) is 32.9 Å². The molecule has 7 rings (SSSR count). The second-order valence-corrected chi connectivity index (χ2v) is 11.6. The van der Waals surface area contributed by atoms with Crippen molar-refractivity contribution in [2.24, 2.45) is 5.92 Å². The van der Waals surface area contributed by atoms with Crippen molar-refractivity contribution in [1.29, 1.82) is 5.26 Å². The number of rotatable bonds is 6. The van der Waals surface area contributed by atoms with Gasteiger partial charge in [0.25, 0.3) is 0 Å². The van der Waals surface area contributed by atoms with Gasteiger partial charge >= 0.3 is 5.97 Å². The maximum absolute atomic E-state index is 11.4. The third kappa shape index (κ3) is 4.97. The summed E-state index contributed by atoms with van der Waals surface area (Å²) in [5, 5.41) is 28.1. The van der Waals surface area contributed by atoms with Crippen LogP contribution in [0.4, 0.5) is 0 Å². The highest BCUT2D eigenvalue weighted by Gasteiger charge is 2.28. The molecule has 10 heteroatoms. The zero-order chi connectivity index (χ0) is 29.7. The zero-order valence-electron chi connectivity index (χ0n) is 23.6. The zero-order valence-corrected chi connectivity index (χ0v) is 24.4. The van der Waals surface area contributed by atoms with Crippen molar-refractivity contribution in [3.63, 3.8) is 0 Å². The summed E-state index contributed by atoms with van der Waals surface area (Å²) in [7, 11) is 0. The Hall–Kier alpha value is -4.49. The van der Waals surface area contributed by atoms with Gasteiger partial charge in [-0.15, -0.1) is 0 Å². The molecule has 1 saturated heterocycles. The average molecular weight is 593 g/mol. The summed E-state index contributed by atoms with van der Waals surface area (Å²) >= 11 is 7.04. The molecule has 2 aliphatic heterocycles. The van der Waals surface area contributed by atoms with Crippen molar-refractivity contribution >= 4 is 28.7 Å². The van der Waals surface area contributed by atoms with Crippen molar-refractivity contribution < 1.29 is 14.3 Å². The molecule has 2 N–H and O–H groups in total. The summed E-state index contributed by atoms with van der Waals surface area (Å²) in [6.45, 7) is 5.49. The topological polar surface area (TPSA) is 120 Å². The fourth-order valence-electron chi connectivity index (χ4n) is 6.24. The standard InChI is InChI=1S/C33H29ClN6O3/c1-19-24(26-6-3-7-29(30(26)34)40-18-23-15-36-10-8-27(23)38-40)4-2-5-25(19)32-37-28-13-20(12-22(14-35)31(28)43-32)16-39-11-9-21(17-39)33(41)42/h2-7,12-13,18,21,36H,8-11,15-17H2,1H3,(H,41,42). The van der Waals surface area contributed by atoms with E-state index in [2.05, 4.69) is 16.3 Å². The maximum atomic E-state index is 11.4. The van der Waals surface area contributed by atoms with Gasteiger partial charge in [-0.3, -0.25) is 9.69 Å². The molecule has 5 aromatic rings. The van der Waals surface area contributed by atoms with Gasteiger partial charge in [0.1, 0.15) is 11.6 Å². The lowest BCUT2D eigenvalue weighted by Crippen LogP contribution is -2.22. The summed E-state index contributed by atoms with van der Waals surface area (Å²) in [4.78, 5) is 18.3. The SMILES string of the molecule is Cc1c(-c2nc3cc(CN4CCC(C(=O)O)C4)cc(C#N)c3o2)cccc1-c1cccc(-n2cc3c(n2)CCNC3)c1Cl. The monoisotopic (exact) mass is 592 g/mol. The predicted molar refractivity (Wildman–Crippen MR) is 163 cm³/mol. The molecule has 9 nitrogen and oxygen atoms in total. The van der Waals surface area contributed by atoms with Gasteiger partial charge in [0.05, 0.1) is 27.9 Å². The molecule has 216 valence electrons. The van der Waals surface area contributed by atoms with Crippen molar-refractivity contribution in [3.05, 3.63) is 87.7 Å². The summed E-state index contributed by atoms with van der Waals surface area (Å²) < 4.78 is 8.08. The van der Waals surface area contributed by atoms with E-state index in [9.17, 15) is 15.2 Å². The molecule has 2 aromatic heterocycles. The smallest absolute Gasteiger partial charge is 0.307 e. The quantitative estimate of drug-likeness (QED) is 0.256. The third-order valence-corrected chi connectivity index (χ3v) is 8.91. The number of hydrogen-bond acceptors (Lipinski definition) is 7. The molecule has 0 bridgehead atoms. The number of likely N-dealkylation sites (tertiary alicyclic amines) is 1. The molecule has 43 heavy (non-hydrogen) atoms. The van der Waals surface area contributed by atoms with Crippen LogP contribution in [0.25, 0.3) is 39.4 Å². The molecule has 2 aliphatic rings. The highest BCUT2D eigenvalue weighted by atomic mass is 35.5. The molecule has 0 aliphatic carbocycles. The van der Waals surface area contributed by atoms with E-state index < -0.39 is 5.97 Å². The number of aliphatic carboxylic acids is 1. The Bertz CT molecular complexity index is 1910. The number of nitriles is 1. The van der Waals surface area contributed by atoms with Crippen LogP contribution in [0.1, 0.15) is 34.4 Å². The lowest BCUT2D eigenvalue weighted by molar-refractivity contribution is -0.141. The van der Waals surface area contributed by atoms with Gasteiger partial charge in [-0.25, -0.2) is 9.67 Å². The molecule has 3 aromatic carbocycles. The minimum atomic E-state index is -0.764. The number of carbonyl (C=O) groups is 1. The Labute approximate surface area is 253 Å². The summed E-state index contributed by atoms with van der Waals surface area (Å²) in [6, 6.07) is 17.9. The minimum Gasteiger partial charge on any atom is -0.481 e. The second kappa shape index (κ2) is 11.0. The van der Waals surface area contributed by atoms with Crippen LogP contribution in [0, 0.1) is 24.2 Å². The lowest BCUT2D eigenvalue weighted by Gasteiger charge is -2.15. The van der Waals surface area contributed by atoms with Gasteiger partial charge < -0.3 is 14.8 Å². The fraction of sp³-hybridized carbons (Fsp3) is 0.273. The van der Waals surface area contributed by atoms with E-state index in [1.807, 2.05) is 66.3 Å². The molecule has 0 amide bonds. The summed E-state index contributed by atoms with van der Waals surface area (Å²) in [5.41, 5.74) is 9.04. The van der Waals surface area contributed by atoms with Gasteiger partial charge in [0, 0.05) is 55.5 Å². The van der Waals surface area contributed by atoms with Crippen molar-refractivity contribution in [2.75, 3.05) is 19.6 Å². The first kappa shape index (κ1) is 27.3. The molecular formula is C33H29ClN6O3. The van der Waals surface area contributed by atoms with Crippen LogP contribution < -0.4 is 5.32 Å². The summed E-state index contributed by atoms with van der Waals surface area (Å²) in [5.74, 6) is -0.695. The highest BCUT2D eigenvalue weighted by molar-refractivity contribution is 6.35. The Morgan fingerprint density at radius 1 is 1.21 bits per heavy atom. The fourth-order valence-corrected chi connectivity index (χ4v) is 6.55. The van der Waals surface area contributed by atoms with Crippen LogP contribution in [-0.2, 0) is 24.3 Å². The first-order chi connectivity index (χ1) is 20.9. The summed E-state index contributed by atoms with van der Waals surface area (Å²) in [6.07, 6.45) is 3.56. The Morgan fingerprint density at radius 3 is 2.81 bits per heavy atom. The number of nitrogens with zero attached hydrogens (tertiary/aromatic N) is 5. The molecule has 1 atom stereocenters. The van der Waals surface area contributed by atoms with Crippen LogP contribution in [0.5, 0.6) is 0 Å².